The molecule has 0 saturated heterocycles. The molecule has 0 nitrogen and oxygen atoms in total. The third-order valence-corrected chi connectivity index (χ3v) is 7.90. The molecule has 0 aromatic carbocycles. The summed E-state index contributed by atoms with van der Waals surface area (Å²) < 4.78 is 0. The first-order valence-corrected chi connectivity index (χ1v) is 9.34. The molecule has 0 heteroatoms. The van der Waals surface area contributed by atoms with Crippen LogP contribution in [0, 0.1) is 58.7 Å². The third kappa shape index (κ3) is 1.72. The van der Waals surface area contributed by atoms with E-state index in [9.17, 15) is 0 Å². The Labute approximate surface area is 127 Å². The summed E-state index contributed by atoms with van der Waals surface area (Å²) in [5.74, 6) is 9.12. The van der Waals surface area contributed by atoms with E-state index in [0.29, 0.717) is 0 Å². The molecule has 0 aromatic heterocycles. The maximum Gasteiger partial charge on any atom is -0.0261 e. The summed E-state index contributed by atoms with van der Waals surface area (Å²) >= 11 is 0. The van der Waals surface area contributed by atoms with Gasteiger partial charge in [-0.05, 0) is 71.5 Å². The van der Waals surface area contributed by atoms with Gasteiger partial charge in [-0.2, -0.15) is 0 Å². The Kier molecular flexibility index (Phi) is 3.54. The smallest absolute Gasteiger partial charge is 0.0261 e. The lowest BCUT2D eigenvalue weighted by molar-refractivity contribution is -0.122. The summed E-state index contributed by atoms with van der Waals surface area (Å²) in [5.41, 5.74) is 0.725. The highest BCUT2D eigenvalue weighted by Crippen LogP contribution is 2.76. The molecule has 0 heterocycles. The van der Waals surface area contributed by atoms with Crippen LogP contribution >= 0.6 is 0 Å². The van der Waals surface area contributed by atoms with Crippen LogP contribution in [0.5, 0.6) is 0 Å². The molecule has 3 aliphatic rings. The van der Waals surface area contributed by atoms with Crippen molar-refractivity contribution in [3.63, 3.8) is 0 Å². The Bertz CT molecular complexity index is 368. The number of hydrogen-bond acceptors (Lipinski definition) is 0. The highest BCUT2D eigenvalue weighted by molar-refractivity contribution is 5.18. The minimum absolute atomic E-state index is 0.725. The molecule has 8 atom stereocenters. The Hall–Kier alpha value is 0. The van der Waals surface area contributed by atoms with E-state index in [1.807, 2.05) is 0 Å². The maximum atomic E-state index is 2.60. The summed E-state index contributed by atoms with van der Waals surface area (Å²) in [7, 11) is 0. The predicted molar refractivity (Wildman–Crippen MR) is 87.4 cm³/mol. The lowest BCUT2D eigenvalue weighted by Gasteiger charge is -2.60. The molecule has 0 aromatic rings. The summed E-state index contributed by atoms with van der Waals surface area (Å²) in [5, 5.41) is 0. The first-order chi connectivity index (χ1) is 9.34. The van der Waals surface area contributed by atoms with Crippen molar-refractivity contribution in [2.24, 2.45) is 58.7 Å². The highest BCUT2D eigenvalue weighted by Gasteiger charge is 2.70. The van der Waals surface area contributed by atoms with Crippen molar-refractivity contribution in [3.8, 4) is 0 Å². The highest BCUT2D eigenvalue weighted by atomic mass is 14.7. The standard InChI is InChI=1S/C20H36/c1-8-20(9-11(2)3)10-15-13(6)17-16(12(4)5)14(7)18(17)19(15)20/h11-19H,8-10H2,1-7H3. The fourth-order valence-corrected chi connectivity index (χ4v) is 7.46. The zero-order valence-corrected chi connectivity index (χ0v) is 14.8. The average molecular weight is 277 g/mol. The van der Waals surface area contributed by atoms with Gasteiger partial charge < -0.3 is 0 Å². The number of hydrogen-bond donors (Lipinski definition) is 0. The zero-order valence-electron chi connectivity index (χ0n) is 14.8. The number of rotatable bonds is 4. The van der Waals surface area contributed by atoms with Crippen molar-refractivity contribution in [3.05, 3.63) is 0 Å². The van der Waals surface area contributed by atoms with Gasteiger partial charge in [0.2, 0.25) is 0 Å². The van der Waals surface area contributed by atoms with Crippen molar-refractivity contribution in [1.82, 2.24) is 0 Å². The fourth-order valence-electron chi connectivity index (χ4n) is 7.46. The molecular formula is C20H36. The third-order valence-electron chi connectivity index (χ3n) is 7.90. The molecule has 20 heavy (non-hydrogen) atoms. The quantitative estimate of drug-likeness (QED) is 0.602. The van der Waals surface area contributed by atoms with Crippen LogP contribution in [0.15, 0.2) is 0 Å². The second kappa shape index (κ2) is 4.75. The van der Waals surface area contributed by atoms with Gasteiger partial charge in [0.15, 0.2) is 0 Å². The van der Waals surface area contributed by atoms with Crippen LogP contribution in [0.2, 0.25) is 0 Å². The molecule has 0 radical (unpaired) electrons. The molecule has 3 fully saturated rings. The van der Waals surface area contributed by atoms with Gasteiger partial charge in [0.25, 0.3) is 0 Å². The SMILES string of the molecule is CCC1(CC(C)C)CC2C(C)C3C(C(C)C)C(C)C3C21. The first-order valence-electron chi connectivity index (χ1n) is 9.34. The summed E-state index contributed by atoms with van der Waals surface area (Å²) in [6, 6.07) is 0. The Morgan fingerprint density at radius 3 is 2.15 bits per heavy atom. The zero-order chi connectivity index (χ0) is 14.8. The van der Waals surface area contributed by atoms with Gasteiger partial charge in [-0.25, -0.2) is 0 Å². The topological polar surface area (TPSA) is 0 Å². The van der Waals surface area contributed by atoms with Crippen molar-refractivity contribution < 1.29 is 0 Å². The molecule has 3 aliphatic carbocycles. The van der Waals surface area contributed by atoms with E-state index in [0.717, 1.165) is 58.7 Å². The van der Waals surface area contributed by atoms with Crippen molar-refractivity contribution in [1.29, 1.82) is 0 Å². The van der Waals surface area contributed by atoms with E-state index in [1.165, 1.54) is 12.8 Å². The van der Waals surface area contributed by atoms with Gasteiger partial charge in [0.05, 0.1) is 0 Å². The molecule has 3 rings (SSSR count). The molecule has 0 aliphatic heterocycles. The minimum Gasteiger partial charge on any atom is -0.0648 e. The predicted octanol–water partition coefficient (Wildman–Crippen LogP) is 5.87. The number of fused-ring (bicyclic) bond motifs is 3. The first kappa shape index (κ1) is 14.9. The van der Waals surface area contributed by atoms with Crippen LogP contribution in [-0.2, 0) is 0 Å². The van der Waals surface area contributed by atoms with Crippen LogP contribution < -0.4 is 0 Å². The van der Waals surface area contributed by atoms with Crippen LogP contribution in [0.1, 0.15) is 67.7 Å². The van der Waals surface area contributed by atoms with Gasteiger partial charge in [-0.3, -0.25) is 0 Å². The normalized spacial score (nSPS) is 53.5. The van der Waals surface area contributed by atoms with Crippen LogP contribution in [0.3, 0.4) is 0 Å². The molecule has 0 amide bonds. The van der Waals surface area contributed by atoms with Gasteiger partial charge in [0.1, 0.15) is 0 Å². The van der Waals surface area contributed by atoms with Crippen molar-refractivity contribution in [2.75, 3.05) is 0 Å². The molecular weight excluding hydrogens is 240 g/mol. The van der Waals surface area contributed by atoms with Gasteiger partial charge in [0, 0.05) is 0 Å². The Morgan fingerprint density at radius 2 is 1.65 bits per heavy atom. The van der Waals surface area contributed by atoms with Crippen molar-refractivity contribution >= 4 is 0 Å². The van der Waals surface area contributed by atoms with Gasteiger partial charge >= 0.3 is 0 Å². The summed E-state index contributed by atoms with van der Waals surface area (Å²) in [6.45, 7) is 17.4. The van der Waals surface area contributed by atoms with E-state index in [4.69, 9.17) is 0 Å². The van der Waals surface area contributed by atoms with E-state index in [1.54, 1.807) is 6.42 Å². The van der Waals surface area contributed by atoms with Gasteiger partial charge in [-0.15, -0.1) is 0 Å². The van der Waals surface area contributed by atoms with Crippen LogP contribution in [-0.4, -0.2) is 0 Å². The van der Waals surface area contributed by atoms with Crippen molar-refractivity contribution in [2.45, 2.75) is 67.7 Å². The van der Waals surface area contributed by atoms with Gasteiger partial charge in [-0.1, -0.05) is 54.9 Å². The lowest BCUT2D eigenvalue weighted by Crippen LogP contribution is -2.54. The molecule has 8 unspecified atom stereocenters. The largest absolute Gasteiger partial charge is 0.0648 e. The Morgan fingerprint density at radius 1 is 1.00 bits per heavy atom. The lowest BCUT2D eigenvalue weighted by atomic mass is 9.44. The second-order valence-electron chi connectivity index (χ2n) is 9.40. The van der Waals surface area contributed by atoms with E-state index in [-0.39, 0.29) is 0 Å². The van der Waals surface area contributed by atoms with E-state index >= 15 is 0 Å². The van der Waals surface area contributed by atoms with E-state index < -0.39 is 0 Å². The summed E-state index contributed by atoms with van der Waals surface area (Å²) in [4.78, 5) is 0. The van der Waals surface area contributed by atoms with Crippen LogP contribution in [0.25, 0.3) is 0 Å². The minimum atomic E-state index is 0.725. The Balaban J connectivity index is 1.83. The fraction of sp³-hybridized carbons (Fsp3) is 1.00. The summed E-state index contributed by atoms with van der Waals surface area (Å²) in [6.07, 6.45) is 4.47. The molecule has 0 N–H and O–H groups in total. The second-order valence-corrected chi connectivity index (χ2v) is 9.40. The monoisotopic (exact) mass is 276 g/mol. The van der Waals surface area contributed by atoms with Crippen LogP contribution in [0.4, 0.5) is 0 Å². The molecule has 3 saturated carbocycles. The molecule has 0 spiro atoms. The molecule has 116 valence electrons. The average Bonchev–Trinajstić information content (AvgIpc) is 2.53. The van der Waals surface area contributed by atoms with E-state index in [2.05, 4.69) is 48.5 Å². The maximum absolute atomic E-state index is 2.60. The molecule has 0 bridgehead atoms.